The van der Waals surface area contributed by atoms with Gasteiger partial charge in [0.05, 0.1) is 0 Å². The Morgan fingerprint density at radius 3 is 2.60 bits per heavy atom. The minimum absolute atomic E-state index is 0.248. The van der Waals surface area contributed by atoms with E-state index in [1.165, 1.54) is 0 Å². The molecule has 0 fully saturated rings. The molecule has 0 radical (unpaired) electrons. The summed E-state index contributed by atoms with van der Waals surface area (Å²) in [7, 11) is 0. The molecule has 0 aliphatic rings. The van der Waals surface area contributed by atoms with E-state index < -0.39 is 0 Å². The maximum absolute atomic E-state index is 8.32. The van der Waals surface area contributed by atoms with Gasteiger partial charge in [0.25, 0.3) is 5.55 Å². The minimum Gasteiger partial charge on any atom is -0.441 e. The van der Waals surface area contributed by atoms with Crippen molar-refractivity contribution in [1.29, 1.82) is 0 Å². The summed E-state index contributed by atoms with van der Waals surface area (Å²) in [4.78, 5) is 0. The normalized spacial score (nSPS) is 12.0. The predicted molar refractivity (Wildman–Crippen MR) is 35.5 cm³/mol. The molecule has 54 valence electrons. The van der Waals surface area contributed by atoms with Gasteiger partial charge in [0.15, 0.2) is 0 Å². The Labute approximate surface area is 58.6 Å². The molecule has 1 aromatic rings. The van der Waals surface area contributed by atoms with Crippen molar-refractivity contribution in [2.24, 2.45) is 5.16 Å². The van der Waals surface area contributed by atoms with Crippen LogP contribution in [0.15, 0.2) is 21.7 Å². The Bertz CT molecular complexity index is 265. The molecule has 0 saturated carbocycles. The Morgan fingerprint density at radius 1 is 1.40 bits per heavy atom. The Morgan fingerprint density at radius 2 is 2.10 bits per heavy atom. The molecule has 0 amide bonds. The predicted octanol–water partition coefficient (Wildman–Crippen LogP) is 1.19. The second-order valence-electron chi connectivity index (χ2n) is 2.18. The zero-order chi connectivity index (χ0) is 7.56. The van der Waals surface area contributed by atoms with Crippen LogP contribution in [0.4, 0.5) is 0 Å². The van der Waals surface area contributed by atoms with Gasteiger partial charge >= 0.3 is 0 Å². The van der Waals surface area contributed by atoms with Crippen molar-refractivity contribution >= 4 is 0 Å². The third kappa shape index (κ3) is 1.37. The molecule has 0 unspecified atom stereocenters. The third-order valence-corrected chi connectivity index (χ3v) is 1.15. The van der Waals surface area contributed by atoms with Gasteiger partial charge in [0.1, 0.15) is 5.76 Å². The second kappa shape index (κ2) is 2.56. The number of nitrogens with zero attached hydrogens (tertiary/aromatic N) is 1. The van der Waals surface area contributed by atoms with Crippen LogP contribution in [0.3, 0.4) is 0 Å². The molecule has 0 aromatic carbocycles. The molecule has 1 N–H and O–H groups in total. The van der Waals surface area contributed by atoms with Gasteiger partial charge in [-0.05, 0) is 30.6 Å². The lowest BCUT2D eigenvalue weighted by molar-refractivity contribution is 0.269. The van der Waals surface area contributed by atoms with E-state index >= 15 is 0 Å². The highest BCUT2D eigenvalue weighted by molar-refractivity contribution is 5.09. The molecule has 0 saturated heterocycles. The highest BCUT2D eigenvalue weighted by Gasteiger charge is 1.89. The van der Waals surface area contributed by atoms with Crippen LogP contribution in [0, 0.1) is 13.8 Å². The first kappa shape index (κ1) is 6.86. The molecule has 3 heteroatoms. The van der Waals surface area contributed by atoms with E-state index in [0.29, 0.717) is 0 Å². The molecule has 3 nitrogen and oxygen atoms in total. The average Bonchev–Trinajstić information content (AvgIpc) is 1.85. The summed E-state index contributed by atoms with van der Waals surface area (Å²) >= 11 is 0. The van der Waals surface area contributed by atoms with Crippen LogP contribution in [-0.4, -0.2) is 5.21 Å². The average molecular weight is 139 g/mol. The number of hydrogen-bond acceptors (Lipinski definition) is 3. The van der Waals surface area contributed by atoms with Gasteiger partial charge in [-0.1, -0.05) is 0 Å². The summed E-state index contributed by atoms with van der Waals surface area (Å²) in [6.07, 6.45) is 0. The van der Waals surface area contributed by atoms with E-state index in [-0.39, 0.29) is 5.55 Å². The molecule has 1 rings (SSSR count). The maximum Gasteiger partial charge on any atom is 0.255 e. The summed E-state index contributed by atoms with van der Waals surface area (Å²) in [6, 6.07) is 3.53. The van der Waals surface area contributed by atoms with Crippen molar-refractivity contribution in [2.45, 2.75) is 13.8 Å². The van der Waals surface area contributed by atoms with Crippen molar-refractivity contribution in [2.75, 3.05) is 0 Å². The summed E-state index contributed by atoms with van der Waals surface area (Å²) in [5.41, 5.74) is 1.27. The van der Waals surface area contributed by atoms with E-state index in [0.717, 1.165) is 11.3 Å². The fourth-order valence-electron chi connectivity index (χ4n) is 0.830. The Kier molecular flexibility index (Phi) is 1.76. The lowest BCUT2D eigenvalue weighted by atomic mass is 10.3. The van der Waals surface area contributed by atoms with Crippen LogP contribution < -0.4 is 5.55 Å². The molecule has 0 aliphatic carbocycles. The molecule has 1 aromatic heterocycles. The molecule has 10 heavy (non-hydrogen) atoms. The van der Waals surface area contributed by atoms with E-state index in [2.05, 4.69) is 5.16 Å². The van der Waals surface area contributed by atoms with E-state index in [4.69, 9.17) is 9.62 Å². The monoisotopic (exact) mass is 139 g/mol. The van der Waals surface area contributed by atoms with Crippen molar-refractivity contribution in [3.8, 4) is 0 Å². The van der Waals surface area contributed by atoms with Gasteiger partial charge in [-0.15, -0.1) is 0 Å². The smallest absolute Gasteiger partial charge is 0.255 e. The van der Waals surface area contributed by atoms with Crippen molar-refractivity contribution < 1.29 is 9.62 Å². The third-order valence-electron chi connectivity index (χ3n) is 1.15. The van der Waals surface area contributed by atoms with Gasteiger partial charge in [0, 0.05) is 6.07 Å². The molecule has 0 bridgehead atoms. The van der Waals surface area contributed by atoms with Crippen LogP contribution in [0.25, 0.3) is 0 Å². The summed E-state index contributed by atoms with van der Waals surface area (Å²) in [6.45, 7) is 3.72. The first-order chi connectivity index (χ1) is 4.72. The van der Waals surface area contributed by atoms with E-state index in [1.54, 1.807) is 6.07 Å². The topological polar surface area (TPSA) is 45.7 Å². The lowest BCUT2D eigenvalue weighted by Gasteiger charge is -1.92. The lowest BCUT2D eigenvalue weighted by Crippen LogP contribution is -2.00. The minimum atomic E-state index is 0.248. The Hall–Kier alpha value is -1.25. The van der Waals surface area contributed by atoms with Gasteiger partial charge < -0.3 is 9.62 Å². The van der Waals surface area contributed by atoms with E-state index in [9.17, 15) is 0 Å². The number of aryl methyl sites for hydroxylation is 2. The van der Waals surface area contributed by atoms with Crippen molar-refractivity contribution in [3.63, 3.8) is 0 Å². The highest BCUT2D eigenvalue weighted by Crippen LogP contribution is 1.96. The van der Waals surface area contributed by atoms with Crippen LogP contribution in [-0.2, 0) is 0 Å². The second-order valence-corrected chi connectivity index (χ2v) is 2.18. The van der Waals surface area contributed by atoms with Crippen LogP contribution in [0.5, 0.6) is 0 Å². The molecule has 0 atom stereocenters. The Balaban J connectivity index is 3.33. The highest BCUT2D eigenvalue weighted by atomic mass is 16.5. The molecule has 1 heterocycles. The maximum atomic E-state index is 8.32. The first-order valence-corrected chi connectivity index (χ1v) is 2.99. The van der Waals surface area contributed by atoms with Gasteiger partial charge in [0.2, 0.25) is 0 Å². The molecular formula is C7H9NO2. The summed E-state index contributed by atoms with van der Waals surface area (Å²) in [5, 5.41) is 11.2. The molecular weight excluding hydrogens is 130 g/mol. The van der Waals surface area contributed by atoms with E-state index in [1.807, 2.05) is 19.9 Å². The molecule has 0 aliphatic heterocycles. The van der Waals surface area contributed by atoms with Gasteiger partial charge in [-0.25, -0.2) is 0 Å². The number of rotatable bonds is 0. The number of hydrogen-bond donors (Lipinski definition) is 1. The van der Waals surface area contributed by atoms with Crippen LogP contribution in [0.2, 0.25) is 0 Å². The summed E-state index contributed by atoms with van der Waals surface area (Å²) in [5.74, 6) is 0.743. The standard InChI is InChI=1S/C7H9NO2/c1-5-3-6(2)10-7(4-5)8-9/h3-4,9H,1-2H3/b8-7-. The zero-order valence-corrected chi connectivity index (χ0v) is 5.96. The zero-order valence-electron chi connectivity index (χ0n) is 5.96. The van der Waals surface area contributed by atoms with Crippen LogP contribution in [0.1, 0.15) is 11.3 Å². The fourth-order valence-corrected chi connectivity index (χ4v) is 0.830. The quantitative estimate of drug-likeness (QED) is 0.433. The molecule has 0 spiro atoms. The van der Waals surface area contributed by atoms with Crippen molar-refractivity contribution in [1.82, 2.24) is 0 Å². The van der Waals surface area contributed by atoms with Crippen molar-refractivity contribution in [3.05, 3.63) is 29.0 Å². The first-order valence-electron chi connectivity index (χ1n) is 2.99. The largest absolute Gasteiger partial charge is 0.441 e. The van der Waals surface area contributed by atoms with Gasteiger partial charge in [-0.3, -0.25) is 0 Å². The van der Waals surface area contributed by atoms with Crippen LogP contribution >= 0.6 is 0 Å². The summed E-state index contributed by atoms with van der Waals surface area (Å²) < 4.78 is 4.99. The fraction of sp³-hybridized carbons (Fsp3) is 0.286. The SMILES string of the molecule is Cc1cc(C)o/c(=N\O)c1. The van der Waals surface area contributed by atoms with Gasteiger partial charge in [-0.2, -0.15) is 0 Å².